The number of benzene rings is 2. The van der Waals surface area contributed by atoms with E-state index in [1.807, 2.05) is 18.2 Å². The summed E-state index contributed by atoms with van der Waals surface area (Å²) in [5.41, 5.74) is 1.63. The Hall–Kier alpha value is -1.82. The van der Waals surface area contributed by atoms with Gasteiger partial charge in [0.2, 0.25) is 5.91 Å². The van der Waals surface area contributed by atoms with E-state index in [1.165, 1.54) is 18.2 Å². The number of halogens is 3. The Balaban J connectivity index is 1.43. The molecule has 1 aliphatic rings. The highest BCUT2D eigenvalue weighted by Gasteiger charge is 2.18. The maximum absolute atomic E-state index is 13.1. The molecule has 0 spiro atoms. The molecule has 0 bridgehead atoms. The number of carbonyl (C=O) groups excluding carboxylic acids is 1. The molecule has 26 heavy (non-hydrogen) atoms. The molecule has 3 rings (SSSR count). The van der Waals surface area contributed by atoms with Crippen LogP contribution in [0.2, 0.25) is 10.0 Å². The summed E-state index contributed by atoms with van der Waals surface area (Å²) in [7, 11) is 0. The van der Waals surface area contributed by atoms with Gasteiger partial charge in [-0.25, -0.2) is 4.39 Å². The molecule has 0 aromatic heterocycles. The first-order chi connectivity index (χ1) is 12.5. The lowest BCUT2D eigenvalue weighted by molar-refractivity contribution is -0.116. The average Bonchev–Trinajstić information content (AvgIpc) is 2.63. The number of rotatable bonds is 5. The Bertz CT molecular complexity index is 779. The minimum atomic E-state index is -0.498. The van der Waals surface area contributed by atoms with Crippen molar-refractivity contribution < 1.29 is 9.18 Å². The number of piperazine rings is 1. The summed E-state index contributed by atoms with van der Waals surface area (Å²) < 4.78 is 13.1. The van der Waals surface area contributed by atoms with Crippen LogP contribution in [-0.4, -0.2) is 43.5 Å². The molecule has 1 aliphatic heterocycles. The predicted molar refractivity (Wildman–Crippen MR) is 105 cm³/mol. The summed E-state index contributed by atoms with van der Waals surface area (Å²) in [5, 5.41) is 3.49. The predicted octanol–water partition coefficient (Wildman–Crippen LogP) is 4.28. The zero-order chi connectivity index (χ0) is 18.5. The van der Waals surface area contributed by atoms with Crippen LogP contribution >= 0.6 is 23.2 Å². The van der Waals surface area contributed by atoms with Crippen LogP contribution < -0.4 is 10.2 Å². The number of amides is 1. The topological polar surface area (TPSA) is 35.6 Å². The molecule has 0 aliphatic carbocycles. The maximum atomic E-state index is 13.1. The molecule has 1 N–H and O–H groups in total. The standard InChI is InChI=1S/C19H20Cl2FN3O/c20-14-2-1-3-16(12-14)25-10-8-24(9-11-25)7-6-19(26)23-15-4-5-18(22)17(21)13-15/h1-5,12-13H,6-11H2,(H,23,26). The van der Waals surface area contributed by atoms with E-state index in [2.05, 4.69) is 21.2 Å². The van der Waals surface area contributed by atoms with Gasteiger partial charge in [-0.15, -0.1) is 0 Å². The molecular formula is C19H20Cl2FN3O. The second-order valence-electron chi connectivity index (χ2n) is 6.24. The van der Waals surface area contributed by atoms with Crippen LogP contribution in [0.3, 0.4) is 0 Å². The quantitative estimate of drug-likeness (QED) is 0.820. The van der Waals surface area contributed by atoms with Crippen LogP contribution in [0.15, 0.2) is 42.5 Å². The van der Waals surface area contributed by atoms with E-state index in [9.17, 15) is 9.18 Å². The Morgan fingerprint density at radius 1 is 1.08 bits per heavy atom. The molecule has 0 atom stereocenters. The zero-order valence-corrected chi connectivity index (χ0v) is 15.7. The van der Waals surface area contributed by atoms with Crippen LogP contribution in [0, 0.1) is 5.82 Å². The van der Waals surface area contributed by atoms with E-state index in [0.29, 0.717) is 18.7 Å². The Labute approximate surface area is 162 Å². The van der Waals surface area contributed by atoms with Crippen LogP contribution in [-0.2, 0) is 4.79 Å². The van der Waals surface area contributed by atoms with Crippen molar-refractivity contribution in [3.05, 3.63) is 58.3 Å². The number of carbonyl (C=O) groups is 1. The third-order valence-electron chi connectivity index (χ3n) is 4.40. The monoisotopic (exact) mass is 395 g/mol. The zero-order valence-electron chi connectivity index (χ0n) is 14.2. The van der Waals surface area contributed by atoms with Crippen LogP contribution in [0.1, 0.15) is 6.42 Å². The number of nitrogens with one attached hydrogen (secondary N) is 1. The molecule has 2 aromatic carbocycles. The van der Waals surface area contributed by atoms with Crippen molar-refractivity contribution in [2.75, 3.05) is 42.9 Å². The molecule has 4 nitrogen and oxygen atoms in total. The summed E-state index contributed by atoms with van der Waals surface area (Å²) in [6.45, 7) is 4.26. The SMILES string of the molecule is O=C(CCN1CCN(c2cccc(Cl)c2)CC1)Nc1ccc(F)c(Cl)c1. The first-order valence-electron chi connectivity index (χ1n) is 8.49. The van der Waals surface area contributed by atoms with Crippen molar-refractivity contribution in [1.82, 2.24) is 4.90 Å². The highest BCUT2D eigenvalue weighted by Crippen LogP contribution is 2.21. The minimum Gasteiger partial charge on any atom is -0.369 e. The van der Waals surface area contributed by atoms with Crippen molar-refractivity contribution in [1.29, 1.82) is 0 Å². The van der Waals surface area contributed by atoms with E-state index < -0.39 is 5.82 Å². The van der Waals surface area contributed by atoms with Gasteiger partial charge in [0.05, 0.1) is 5.02 Å². The van der Waals surface area contributed by atoms with Gasteiger partial charge in [-0.05, 0) is 36.4 Å². The summed E-state index contributed by atoms with van der Waals surface area (Å²) >= 11 is 11.8. The Kier molecular flexibility index (Phi) is 6.35. The fourth-order valence-electron chi connectivity index (χ4n) is 2.96. The lowest BCUT2D eigenvalue weighted by Gasteiger charge is -2.36. The summed E-state index contributed by atoms with van der Waals surface area (Å²) in [6, 6.07) is 12.0. The minimum absolute atomic E-state index is 0.0000581. The molecule has 1 fully saturated rings. The van der Waals surface area contributed by atoms with E-state index in [0.717, 1.165) is 36.9 Å². The smallest absolute Gasteiger partial charge is 0.225 e. The highest BCUT2D eigenvalue weighted by atomic mass is 35.5. The van der Waals surface area contributed by atoms with Gasteiger partial charge in [0.1, 0.15) is 5.82 Å². The first-order valence-corrected chi connectivity index (χ1v) is 9.24. The fourth-order valence-corrected chi connectivity index (χ4v) is 3.32. The Morgan fingerprint density at radius 3 is 2.54 bits per heavy atom. The average molecular weight is 396 g/mol. The van der Waals surface area contributed by atoms with Crippen molar-refractivity contribution >= 4 is 40.5 Å². The number of nitrogens with zero attached hydrogens (tertiary/aromatic N) is 2. The molecule has 1 amide bonds. The maximum Gasteiger partial charge on any atom is 0.225 e. The molecule has 0 radical (unpaired) electrons. The molecular weight excluding hydrogens is 376 g/mol. The summed E-state index contributed by atoms with van der Waals surface area (Å²) in [5.74, 6) is -0.604. The fraction of sp³-hybridized carbons (Fsp3) is 0.316. The lowest BCUT2D eigenvalue weighted by atomic mass is 10.2. The van der Waals surface area contributed by atoms with E-state index in [-0.39, 0.29) is 10.9 Å². The van der Waals surface area contributed by atoms with Gasteiger partial charge in [0.25, 0.3) is 0 Å². The van der Waals surface area contributed by atoms with Gasteiger partial charge in [0, 0.05) is 55.5 Å². The van der Waals surface area contributed by atoms with Gasteiger partial charge >= 0.3 is 0 Å². The van der Waals surface area contributed by atoms with Gasteiger partial charge in [0.15, 0.2) is 0 Å². The van der Waals surface area contributed by atoms with Crippen molar-refractivity contribution in [3.63, 3.8) is 0 Å². The lowest BCUT2D eigenvalue weighted by Crippen LogP contribution is -2.47. The first kappa shape index (κ1) is 19.0. The third kappa shape index (κ3) is 5.10. The summed E-state index contributed by atoms with van der Waals surface area (Å²) in [4.78, 5) is 16.6. The highest BCUT2D eigenvalue weighted by molar-refractivity contribution is 6.31. The van der Waals surface area contributed by atoms with Crippen LogP contribution in [0.4, 0.5) is 15.8 Å². The van der Waals surface area contributed by atoms with Gasteiger partial charge in [-0.1, -0.05) is 29.3 Å². The summed E-state index contributed by atoms with van der Waals surface area (Å²) in [6.07, 6.45) is 0.381. The molecule has 0 unspecified atom stereocenters. The number of anilines is 2. The van der Waals surface area contributed by atoms with Gasteiger partial charge in [-0.3, -0.25) is 9.69 Å². The van der Waals surface area contributed by atoms with Crippen molar-refractivity contribution in [3.8, 4) is 0 Å². The molecule has 0 saturated carbocycles. The van der Waals surface area contributed by atoms with Crippen molar-refractivity contribution in [2.45, 2.75) is 6.42 Å². The van der Waals surface area contributed by atoms with Crippen molar-refractivity contribution in [2.24, 2.45) is 0 Å². The molecule has 7 heteroatoms. The molecule has 1 heterocycles. The third-order valence-corrected chi connectivity index (χ3v) is 4.93. The second kappa shape index (κ2) is 8.71. The molecule has 1 saturated heterocycles. The van der Waals surface area contributed by atoms with Crippen LogP contribution in [0.5, 0.6) is 0 Å². The second-order valence-corrected chi connectivity index (χ2v) is 7.08. The number of hydrogen-bond acceptors (Lipinski definition) is 3. The van der Waals surface area contributed by atoms with Crippen LogP contribution in [0.25, 0.3) is 0 Å². The molecule has 2 aromatic rings. The van der Waals surface area contributed by atoms with E-state index in [1.54, 1.807) is 0 Å². The molecule has 138 valence electrons. The van der Waals surface area contributed by atoms with Gasteiger partial charge < -0.3 is 10.2 Å². The number of hydrogen-bond donors (Lipinski definition) is 1. The normalized spacial score (nSPS) is 15.1. The Morgan fingerprint density at radius 2 is 1.85 bits per heavy atom. The van der Waals surface area contributed by atoms with E-state index >= 15 is 0 Å². The van der Waals surface area contributed by atoms with Gasteiger partial charge in [-0.2, -0.15) is 0 Å². The van der Waals surface area contributed by atoms with E-state index in [4.69, 9.17) is 23.2 Å². The largest absolute Gasteiger partial charge is 0.369 e.